The number of halogens is 4. The monoisotopic (exact) mass is 354 g/mol. The van der Waals surface area contributed by atoms with E-state index in [0.29, 0.717) is 21.4 Å². The molecule has 0 aliphatic heterocycles. The van der Waals surface area contributed by atoms with Crippen LogP contribution in [0.4, 0.5) is 24.5 Å². The minimum Gasteiger partial charge on any atom is -0.355 e. The third kappa shape index (κ3) is 3.56. The molecule has 2 aromatic rings. The topological polar surface area (TPSA) is 35.8 Å². The molecule has 108 valence electrons. The second-order valence-corrected chi connectivity index (χ2v) is 5.31. The molecule has 0 fully saturated rings. The highest BCUT2D eigenvalue weighted by molar-refractivity contribution is 9.10. The van der Waals surface area contributed by atoms with Crippen LogP contribution in [0.5, 0.6) is 0 Å². The molecule has 2 nitrogen and oxygen atoms in total. The SMILES string of the molecule is Cc1cc(Nc2cc(C(F)(F)F)ccc2Br)ccc1C#N. The number of hydrogen-bond acceptors (Lipinski definition) is 2. The highest BCUT2D eigenvalue weighted by Gasteiger charge is 2.30. The number of nitrogens with zero attached hydrogens (tertiary/aromatic N) is 1. The van der Waals surface area contributed by atoms with E-state index in [9.17, 15) is 13.2 Å². The Hall–Kier alpha value is -2.00. The maximum absolute atomic E-state index is 12.7. The predicted octanol–water partition coefficient (Wildman–Crippen LogP) is 5.39. The molecule has 0 bridgehead atoms. The quantitative estimate of drug-likeness (QED) is 0.784. The number of benzene rings is 2. The fourth-order valence-electron chi connectivity index (χ4n) is 1.82. The summed E-state index contributed by atoms with van der Waals surface area (Å²) in [4.78, 5) is 0. The van der Waals surface area contributed by atoms with E-state index in [2.05, 4.69) is 21.2 Å². The lowest BCUT2D eigenvalue weighted by Gasteiger charge is -2.13. The summed E-state index contributed by atoms with van der Waals surface area (Å²) in [6.45, 7) is 1.77. The van der Waals surface area contributed by atoms with Crippen LogP contribution in [-0.2, 0) is 6.18 Å². The van der Waals surface area contributed by atoms with E-state index in [1.807, 2.05) is 6.07 Å². The largest absolute Gasteiger partial charge is 0.416 e. The van der Waals surface area contributed by atoms with Crippen molar-refractivity contribution in [3.63, 3.8) is 0 Å². The van der Waals surface area contributed by atoms with Gasteiger partial charge in [-0.2, -0.15) is 18.4 Å². The minimum absolute atomic E-state index is 0.314. The molecule has 2 aromatic carbocycles. The van der Waals surface area contributed by atoms with Gasteiger partial charge in [0.15, 0.2) is 0 Å². The van der Waals surface area contributed by atoms with E-state index in [4.69, 9.17) is 5.26 Å². The van der Waals surface area contributed by atoms with Crippen LogP contribution in [0.25, 0.3) is 0 Å². The Morgan fingerprint density at radius 3 is 2.43 bits per heavy atom. The summed E-state index contributed by atoms with van der Waals surface area (Å²) in [5, 5.41) is 11.8. The molecule has 0 unspecified atom stereocenters. The average molecular weight is 355 g/mol. The van der Waals surface area contributed by atoms with Crippen LogP contribution in [0.15, 0.2) is 40.9 Å². The Bertz CT molecular complexity index is 718. The van der Waals surface area contributed by atoms with E-state index >= 15 is 0 Å². The third-order valence-electron chi connectivity index (χ3n) is 2.92. The molecule has 0 spiro atoms. The smallest absolute Gasteiger partial charge is 0.355 e. The number of alkyl halides is 3. The van der Waals surface area contributed by atoms with Gasteiger partial charge in [0.25, 0.3) is 0 Å². The molecule has 0 amide bonds. The van der Waals surface area contributed by atoms with Crippen LogP contribution in [0, 0.1) is 18.3 Å². The normalized spacial score (nSPS) is 11.0. The standard InChI is InChI=1S/C15H10BrF3N2/c1-9-6-12(4-2-10(9)8-20)21-14-7-11(15(17,18)19)3-5-13(14)16/h2-7,21H,1H3. The van der Waals surface area contributed by atoms with Crippen molar-refractivity contribution in [1.82, 2.24) is 0 Å². The lowest BCUT2D eigenvalue weighted by Crippen LogP contribution is -2.05. The van der Waals surface area contributed by atoms with Gasteiger partial charge in [-0.1, -0.05) is 0 Å². The first-order valence-corrected chi connectivity index (χ1v) is 6.75. The summed E-state index contributed by atoms with van der Waals surface area (Å²) in [6.07, 6.45) is -4.39. The molecule has 0 aromatic heterocycles. The Morgan fingerprint density at radius 2 is 1.86 bits per heavy atom. The maximum atomic E-state index is 12.7. The first-order chi connectivity index (χ1) is 9.81. The number of hydrogen-bond donors (Lipinski definition) is 1. The van der Waals surface area contributed by atoms with Gasteiger partial charge < -0.3 is 5.32 Å². The number of nitrogens with one attached hydrogen (secondary N) is 1. The Kier molecular flexibility index (Phi) is 4.24. The molecule has 0 saturated carbocycles. The van der Waals surface area contributed by atoms with Crippen molar-refractivity contribution in [3.8, 4) is 6.07 Å². The molecule has 0 radical (unpaired) electrons. The second-order valence-electron chi connectivity index (χ2n) is 4.46. The summed E-state index contributed by atoms with van der Waals surface area (Å²) in [6, 6.07) is 10.4. The molecule has 2 rings (SSSR count). The van der Waals surface area contributed by atoms with Crippen molar-refractivity contribution in [3.05, 3.63) is 57.6 Å². The van der Waals surface area contributed by atoms with Gasteiger partial charge in [-0.25, -0.2) is 0 Å². The summed E-state index contributed by atoms with van der Waals surface area (Å²) in [5.41, 5.74) is 1.49. The second kappa shape index (κ2) is 5.78. The molecule has 0 aliphatic rings. The molecular weight excluding hydrogens is 345 g/mol. The van der Waals surface area contributed by atoms with E-state index in [1.54, 1.807) is 25.1 Å². The lowest BCUT2D eigenvalue weighted by molar-refractivity contribution is -0.137. The first kappa shape index (κ1) is 15.4. The van der Waals surface area contributed by atoms with E-state index in [0.717, 1.165) is 17.7 Å². The summed E-state index contributed by atoms with van der Waals surface area (Å²) < 4.78 is 38.7. The highest BCUT2D eigenvalue weighted by atomic mass is 79.9. The predicted molar refractivity (Wildman–Crippen MR) is 78.3 cm³/mol. The van der Waals surface area contributed by atoms with Crippen LogP contribution in [0.2, 0.25) is 0 Å². The summed E-state index contributed by atoms with van der Waals surface area (Å²) in [5.74, 6) is 0. The van der Waals surface area contributed by atoms with Gasteiger partial charge in [-0.3, -0.25) is 0 Å². The van der Waals surface area contributed by atoms with Gasteiger partial charge in [0.05, 0.1) is 22.9 Å². The molecule has 0 atom stereocenters. The Morgan fingerprint density at radius 1 is 1.14 bits per heavy atom. The van der Waals surface area contributed by atoms with Gasteiger partial charge >= 0.3 is 6.18 Å². The number of rotatable bonds is 2. The molecule has 0 aliphatic carbocycles. The third-order valence-corrected chi connectivity index (χ3v) is 3.61. The van der Waals surface area contributed by atoms with Gasteiger partial charge in [0.2, 0.25) is 0 Å². The fourth-order valence-corrected chi connectivity index (χ4v) is 2.17. The van der Waals surface area contributed by atoms with Crippen molar-refractivity contribution in [2.24, 2.45) is 0 Å². The van der Waals surface area contributed by atoms with Gasteiger partial charge in [0, 0.05) is 10.2 Å². The number of aryl methyl sites for hydroxylation is 1. The van der Waals surface area contributed by atoms with E-state index in [-0.39, 0.29) is 0 Å². The lowest BCUT2D eigenvalue weighted by atomic mass is 10.1. The summed E-state index contributed by atoms with van der Waals surface area (Å²) >= 11 is 3.22. The van der Waals surface area contributed by atoms with E-state index in [1.165, 1.54) is 6.07 Å². The maximum Gasteiger partial charge on any atom is 0.416 e. The van der Waals surface area contributed by atoms with Crippen molar-refractivity contribution in [1.29, 1.82) is 5.26 Å². The summed E-state index contributed by atoms with van der Waals surface area (Å²) in [7, 11) is 0. The zero-order valence-electron chi connectivity index (χ0n) is 10.9. The first-order valence-electron chi connectivity index (χ1n) is 5.96. The fraction of sp³-hybridized carbons (Fsp3) is 0.133. The molecule has 21 heavy (non-hydrogen) atoms. The van der Waals surface area contributed by atoms with E-state index < -0.39 is 11.7 Å². The van der Waals surface area contributed by atoms with Crippen LogP contribution in [0.3, 0.4) is 0 Å². The molecule has 6 heteroatoms. The van der Waals surface area contributed by atoms with Gasteiger partial charge in [-0.15, -0.1) is 0 Å². The van der Waals surface area contributed by atoms with Gasteiger partial charge in [0.1, 0.15) is 0 Å². The zero-order chi connectivity index (χ0) is 15.6. The highest BCUT2D eigenvalue weighted by Crippen LogP contribution is 2.35. The van der Waals surface area contributed by atoms with Crippen LogP contribution in [-0.4, -0.2) is 0 Å². The average Bonchev–Trinajstić information content (AvgIpc) is 2.40. The zero-order valence-corrected chi connectivity index (χ0v) is 12.5. The van der Waals surface area contributed by atoms with Crippen LogP contribution >= 0.6 is 15.9 Å². The van der Waals surface area contributed by atoms with Crippen molar-refractivity contribution < 1.29 is 13.2 Å². The van der Waals surface area contributed by atoms with Gasteiger partial charge in [-0.05, 0) is 64.8 Å². The molecule has 1 N–H and O–H groups in total. The number of anilines is 2. The van der Waals surface area contributed by atoms with Crippen molar-refractivity contribution in [2.45, 2.75) is 13.1 Å². The Balaban J connectivity index is 2.35. The van der Waals surface area contributed by atoms with Crippen LogP contribution in [0.1, 0.15) is 16.7 Å². The van der Waals surface area contributed by atoms with Crippen molar-refractivity contribution >= 4 is 27.3 Å². The number of nitriles is 1. The van der Waals surface area contributed by atoms with Crippen LogP contribution < -0.4 is 5.32 Å². The molecule has 0 heterocycles. The Labute approximate surface area is 128 Å². The molecule has 0 saturated heterocycles. The van der Waals surface area contributed by atoms with Crippen molar-refractivity contribution in [2.75, 3.05) is 5.32 Å². The molecular formula is C15H10BrF3N2. The minimum atomic E-state index is -4.39.